The van der Waals surface area contributed by atoms with Crippen LogP contribution in [-0.4, -0.2) is 68.2 Å². The van der Waals surface area contributed by atoms with E-state index in [1.54, 1.807) is 0 Å². The second-order valence-corrected chi connectivity index (χ2v) is 7.82. The zero-order valence-corrected chi connectivity index (χ0v) is 12.4. The molecule has 0 aromatic rings. The quantitative estimate of drug-likeness (QED) is 0.734. The highest BCUT2D eigenvalue weighted by Crippen LogP contribution is 2.57. The molecule has 1 spiro atoms. The van der Waals surface area contributed by atoms with Crippen LogP contribution in [0.2, 0.25) is 0 Å². The molecule has 4 heterocycles. The third-order valence-electron chi connectivity index (χ3n) is 6.77. The van der Waals surface area contributed by atoms with Gasteiger partial charge in [0.2, 0.25) is 0 Å². The summed E-state index contributed by atoms with van der Waals surface area (Å²) in [4.78, 5) is 5.07. The van der Waals surface area contributed by atoms with E-state index in [4.69, 9.17) is 5.73 Å². The van der Waals surface area contributed by atoms with Crippen molar-refractivity contribution in [2.24, 2.45) is 23.0 Å². The van der Waals surface area contributed by atoms with Gasteiger partial charge in [-0.25, -0.2) is 0 Å². The molecular formula is C15H28N4. The molecule has 4 aliphatic heterocycles. The molecule has 4 atom stereocenters. The number of nitrogens with two attached hydrogens (primary N) is 1. The smallest absolute Gasteiger partial charge is 0.0406 e. The lowest BCUT2D eigenvalue weighted by atomic mass is 9.57. The normalized spacial score (nSPS) is 49.1. The minimum atomic E-state index is 0.399. The molecule has 19 heavy (non-hydrogen) atoms. The third-order valence-corrected chi connectivity index (χ3v) is 6.77. The maximum atomic E-state index is 6.06. The van der Waals surface area contributed by atoms with Crippen LogP contribution in [-0.2, 0) is 0 Å². The van der Waals surface area contributed by atoms with E-state index < -0.39 is 0 Å². The predicted molar refractivity (Wildman–Crippen MR) is 77.0 cm³/mol. The molecule has 4 nitrogen and oxygen atoms in total. The number of likely N-dealkylation sites (N-methyl/N-ethyl adjacent to an activating group) is 1. The van der Waals surface area contributed by atoms with Crippen LogP contribution in [0.15, 0.2) is 0 Å². The fraction of sp³-hybridized carbons (Fsp3) is 1.00. The predicted octanol–water partition coefficient (Wildman–Crippen LogP) is -0.0508. The van der Waals surface area contributed by atoms with E-state index in [-0.39, 0.29) is 0 Å². The minimum Gasteiger partial charge on any atom is -0.330 e. The zero-order chi connectivity index (χ0) is 13.3. The monoisotopic (exact) mass is 264 g/mol. The molecule has 0 amide bonds. The Labute approximate surface area is 116 Å². The number of fused-ring (bicyclic) bond motifs is 1. The van der Waals surface area contributed by atoms with Gasteiger partial charge in [-0.3, -0.25) is 4.90 Å². The highest BCUT2D eigenvalue weighted by atomic mass is 15.3. The first-order valence-corrected chi connectivity index (χ1v) is 7.93. The van der Waals surface area contributed by atoms with Crippen LogP contribution in [0, 0.1) is 17.3 Å². The maximum Gasteiger partial charge on any atom is 0.0406 e. The zero-order valence-electron chi connectivity index (χ0n) is 12.4. The van der Waals surface area contributed by atoms with Crippen LogP contribution >= 0.6 is 0 Å². The van der Waals surface area contributed by atoms with Gasteiger partial charge in [0.1, 0.15) is 0 Å². The van der Waals surface area contributed by atoms with Crippen molar-refractivity contribution in [1.82, 2.24) is 15.1 Å². The van der Waals surface area contributed by atoms with Gasteiger partial charge in [-0.2, -0.15) is 0 Å². The molecule has 5 aliphatic rings. The highest BCUT2D eigenvalue weighted by molar-refractivity contribution is 5.21. The lowest BCUT2D eigenvalue weighted by Gasteiger charge is -2.59. The maximum absolute atomic E-state index is 6.06. The summed E-state index contributed by atoms with van der Waals surface area (Å²) < 4.78 is 0. The van der Waals surface area contributed by atoms with Crippen molar-refractivity contribution in [2.75, 3.05) is 46.8 Å². The molecule has 1 saturated carbocycles. The SMILES string of the molecule is CN1CC2(CCC(C34CC(CN3C)C4CN)NC2)C1. The Balaban J connectivity index is 1.47. The molecule has 4 heteroatoms. The Morgan fingerprint density at radius 3 is 2.63 bits per heavy atom. The number of hydrogen-bond acceptors (Lipinski definition) is 4. The number of piperidine rings is 1. The van der Waals surface area contributed by atoms with E-state index in [0.717, 1.165) is 18.4 Å². The summed E-state index contributed by atoms with van der Waals surface area (Å²) in [6, 6.07) is 0.682. The first-order chi connectivity index (χ1) is 9.09. The number of nitrogens with one attached hydrogen (secondary N) is 1. The lowest BCUT2D eigenvalue weighted by molar-refractivity contribution is -0.0527. The van der Waals surface area contributed by atoms with Gasteiger partial charge in [-0.05, 0) is 51.7 Å². The van der Waals surface area contributed by atoms with Crippen LogP contribution in [0.4, 0.5) is 0 Å². The van der Waals surface area contributed by atoms with Crippen molar-refractivity contribution in [2.45, 2.75) is 30.8 Å². The summed E-state index contributed by atoms with van der Waals surface area (Å²) in [6.45, 7) is 5.95. The van der Waals surface area contributed by atoms with Crippen molar-refractivity contribution in [3.63, 3.8) is 0 Å². The minimum absolute atomic E-state index is 0.399. The standard InChI is InChI=1S/C15H28N4/c1-18-9-14(10-18)4-3-13(17-8-14)15-5-11(7-19(15)2)12(15)6-16/h11-13,17H,3-10,16H2,1-2H3. The molecular weight excluding hydrogens is 236 g/mol. The van der Waals surface area contributed by atoms with Gasteiger partial charge in [-0.1, -0.05) is 0 Å². The molecule has 4 unspecified atom stereocenters. The topological polar surface area (TPSA) is 44.5 Å². The summed E-state index contributed by atoms with van der Waals surface area (Å²) in [5, 5.41) is 3.92. The van der Waals surface area contributed by atoms with Gasteiger partial charge in [0.05, 0.1) is 0 Å². The van der Waals surface area contributed by atoms with Crippen molar-refractivity contribution in [3.8, 4) is 0 Å². The Morgan fingerprint density at radius 1 is 1.32 bits per heavy atom. The summed E-state index contributed by atoms with van der Waals surface area (Å²) >= 11 is 0. The van der Waals surface area contributed by atoms with Gasteiger partial charge in [-0.15, -0.1) is 0 Å². The number of likely N-dealkylation sites (tertiary alicyclic amines) is 1. The molecule has 5 rings (SSSR count). The largest absolute Gasteiger partial charge is 0.330 e. The second kappa shape index (κ2) is 3.94. The first kappa shape index (κ1) is 12.6. The van der Waals surface area contributed by atoms with E-state index in [0.29, 0.717) is 17.0 Å². The Hall–Kier alpha value is -0.160. The van der Waals surface area contributed by atoms with Crippen LogP contribution in [0.3, 0.4) is 0 Å². The van der Waals surface area contributed by atoms with Gasteiger partial charge >= 0.3 is 0 Å². The average molecular weight is 264 g/mol. The van der Waals surface area contributed by atoms with Gasteiger partial charge in [0.25, 0.3) is 0 Å². The van der Waals surface area contributed by atoms with Crippen molar-refractivity contribution in [1.29, 1.82) is 0 Å². The molecule has 3 N–H and O–H groups in total. The molecule has 1 aliphatic carbocycles. The van der Waals surface area contributed by atoms with E-state index in [2.05, 4.69) is 29.2 Å². The molecule has 4 saturated heterocycles. The molecule has 2 bridgehead atoms. The van der Waals surface area contributed by atoms with Crippen LogP contribution in [0.5, 0.6) is 0 Å². The van der Waals surface area contributed by atoms with Crippen LogP contribution in [0.25, 0.3) is 0 Å². The number of rotatable bonds is 2. The second-order valence-electron chi connectivity index (χ2n) is 7.82. The summed E-state index contributed by atoms with van der Waals surface area (Å²) in [6.07, 6.45) is 4.14. The third kappa shape index (κ3) is 1.49. The van der Waals surface area contributed by atoms with E-state index in [1.807, 2.05) is 0 Å². The Kier molecular flexibility index (Phi) is 2.61. The van der Waals surface area contributed by atoms with Crippen molar-refractivity contribution >= 4 is 0 Å². The lowest BCUT2D eigenvalue weighted by Crippen LogP contribution is -2.71. The summed E-state index contributed by atoms with van der Waals surface area (Å²) in [5.74, 6) is 1.62. The van der Waals surface area contributed by atoms with Gasteiger partial charge < -0.3 is 16.0 Å². The highest BCUT2D eigenvalue weighted by Gasteiger charge is 2.65. The Bertz CT molecular complexity index is 368. The van der Waals surface area contributed by atoms with Crippen LogP contribution < -0.4 is 11.1 Å². The average Bonchev–Trinajstić information content (AvgIpc) is 2.80. The fourth-order valence-corrected chi connectivity index (χ4v) is 5.95. The number of nitrogens with zero attached hydrogens (tertiary/aromatic N) is 2. The van der Waals surface area contributed by atoms with Crippen molar-refractivity contribution in [3.05, 3.63) is 0 Å². The molecule has 0 radical (unpaired) electrons. The van der Waals surface area contributed by atoms with Gasteiger partial charge in [0, 0.05) is 43.2 Å². The molecule has 5 fully saturated rings. The van der Waals surface area contributed by atoms with E-state index >= 15 is 0 Å². The van der Waals surface area contributed by atoms with Crippen molar-refractivity contribution < 1.29 is 0 Å². The summed E-state index contributed by atoms with van der Waals surface area (Å²) in [7, 11) is 4.56. The van der Waals surface area contributed by atoms with E-state index in [1.165, 1.54) is 45.4 Å². The first-order valence-electron chi connectivity index (χ1n) is 7.93. The molecule has 0 aromatic carbocycles. The molecule has 108 valence electrons. The number of hydrogen-bond donors (Lipinski definition) is 2. The van der Waals surface area contributed by atoms with Gasteiger partial charge in [0.15, 0.2) is 0 Å². The van der Waals surface area contributed by atoms with Crippen LogP contribution in [0.1, 0.15) is 19.3 Å². The van der Waals surface area contributed by atoms with E-state index in [9.17, 15) is 0 Å². The Morgan fingerprint density at radius 2 is 2.11 bits per heavy atom. The fourth-order valence-electron chi connectivity index (χ4n) is 5.95. The summed E-state index contributed by atoms with van der Waals surface area (Å²) in [5.41, 5.74) is 7.05. The molecule has 0 aromatic heterocycles.